The predicted molar refractivity (Wildman–Crippen MR) is 42.9 cm³/mol. The molecule has 4 heteroatoms. The molecule has 0 aromatic rings. The van der Waals surface area contributed by atoms with Crippen molar-refractivity contribution in [3.63, 3.8) is 0 Å². The van der Waals surface area contributed by atoms with E-state index in [0.717, 1.165) is 0 Å². The van der Waals surface area contributed by atoms with E-state index in [2.05, 4.69) is 0 Å². The maximum atomic E-state index is 10.5. The summed E-state index contributed by atoms with van der Waals surface area (Å²) in [5.41, 5.74) is -0.0185. The van der Waals surface area contributed by atoms with E-state index in [1.807, 2.05) is 0 Å². The van der Waals surface area contributed by atoms with Gasteiger partial charge in [-0.25, -0.2) is 9.59 Å². The Morgan fingerprint density at radius 1 is 0.917 bits per heavy atom. The van der Waals surface area contributed by atoms with Crippen LogP contribution >= 0.6 is 0 Å². The Balaban J connectivity index is 5.01. The zero-order valence-electron chi connectivity index (χ0n) is 7.13. The molecule has 2 N–H and O–H groups in total. The first-order valence-electron chi connectivity index (χ1n) is 3.73. The van der Waals surface area contributed by atoms with Gasteiger partial charge in [0.1, 0.15) is 0 Å². The van der Waals surface area contributed by atoms with Crippen molar-refractivity contribution in [2.45, 2.75) is 26.7 Å². The second-order valence-electron chi connectivity index (χ2n) is 2.27. The minimum Gasteiger partial charge on any atom is -0.478 e. The number of hydrogen-bond donors (Lipinski definition) is 2. The molecule has 0 saturated carbocycles. The second kappa shape index (κ2) is 4.54. The molecule has 0 aliphatic heterocycles. The summed E-state index contributed by atoms with van der Waals surface area (Å²) < 4.78 is 0. The molecule has 0 heterocycles. The monoisotopic (exact) mass is 172 g/mol. The van der Waals surface area contributed by atoms with E-state index in [0.29, 0.717) is 0 Å². The van der Waals surface area contributed by atoms with Crippen LogP contribution in [0.5, 0.6) is 0 Å². The van der Waals surface area contributed by atoms with Crippen molar-refractivity contribution in [3.05, 3.63) is 11.1 Å². The fraction of sp³-hybridized carbons (Fsp3) is 0.500. The van der Waals surface area contributed by atoms with E-state index in [9.17, 15) is 9.59 Å². The van der Waals surface area contributed by atoms with Crippen LogP contribution in [-0.4, -0.2) is 22.2 Å². The first kappa shape index (κ1) is 10.7. The van der Waals surface area contributed by atoms with Crippen molar-refractivity contribution in [1.29, 1.82) is 0 Å². The van der Waals surface area contributed by atoms with Gasteiger partial charge in [-0.3, -0.25) is 0 Å². The standard InChI is InChI=1S/C8H12O4/c1-3-5(7(9)10)6(4-2)8(11)12/h3-4H2,1-2H3,(H,9,10)(H,11,12). The molecule has 0 unspecified atom stereocenters. The van der Waals surface area contributed by atoms with Crippen LogP contribution in [0.25, 0.3) is 0 Å². The minimum absolute atomic E-state index is 0.00926. The summed E-state index contributed by atoms with van der Waals surface area (Å²) in [6.45, 7) is 3.25. The smallest absolute Gasteiger partial charge is 0.332 e. The van der Waals surface area contributed by atoms with E-state index in [4.69, 9.17) is 10.2 Å². The first-order chi connectivity index (χ1) is 5.54. The summed E-state index contributed by atoms with van der Waals surface area (Å²) in [5.74, 6) is -2.28. The molecule has 0 bridgehead atoms. The van der Waals surface area contributed by atoms with Crippen molar-refractivity contribution in [2.24, 2.45) is 0 Å². The Labute approximate surface area is 70.5 Å². The molecule has 0 fully saturated rings. The van der Waals surface area contributed by atoms with Crippen molar-refractivity contribution in [3.8, 4) is 0 Å². The minimum atomic E-state index is -1.14. The maximum absolute atomic E-state index is 10.5. The van der Waals surface area contributed by atoms with Crippen LogP contribution in [0.1, 0.15) is 26.7 Å². The van der Waals surface area contributed by atoms with Crippen LogP contribution < -0.4 is 0 Å². The topological polar surface area (TPSA) is 74.6 Å². The van der Waals surface area contributed by atoms with Gasteiger partial charge in [0.25, 0.3) is 0 Å². The lowest BCUT2D eigenvalue weighted by molar-refractivity contribution is -0.136. The third kappa shape index (κ3) is 2.38. The van der Waals surface area contributed by atoms with Crippen LogP contribution in [0, 0.1) is 0 Å². The quantitative estimate of drug-likeness (QED) is 0.626. The van der Waals surface area contributed by atoms with Gasteiger partial charge in [-0.05, 0) is 12.8 Å². The van der Waals surface area contributed by atoms with E-state index in [1.54, 1.807) is 13.8 Å². The summed E-state index contributed by atoms with van der Waals surface area (Å²) in [6, 6.07) is 0. The molecule has 12 heavy (non-hydrogen) atoms. The summed E-state index contributed by atoms with van der Waals surface area (Å²) >= 11 is 0. The average molecular weight is 172 g/mol. The largest absolute Gasteiger partial charge is 0.478 e. The number of carboxylic acid groups (broad SMARTS) is 2. The molecule has 0 atom stereocenters. The van der Waals surface area contributed by atoms with E-state index < -0.39 is 11.9 Å². The Kier molecular flexibility index (Phi) is 4.04. The van der Waals surface area contributed by atoms with Gasteiger partial charge in [-0.1, -0.05) is 13.8 Å². The fourth-order valence-electron chi connectivity index (χ4n) is 0.987. The van der Waals surface area contributed by atoms with Gasteiger partial charge in [-0.2, -0.15) is 0 Å². The SMILES string of the molecule is CCC(C(=O)O)=C(CC)C(=O)O. The lowest BCUT2D eigenvalue weighted by Crippen LogP contribution is -2.10. The highest BCUT2D eigenvalue weighted by atomic mass is 16.4. The number of rotatable bonds is 4. The number of hydrogen-bond acceptors (Lipinski definition) is 2. The molecular formula is C8H12O4. The normalized spacial score (nSPS) is 12.2. The molecule has 0 rings (SSSR count). The summed E-state index contributed by atoms with van der Waals surface area (Å²) in [7, 11) is 0. The van der Waals surface area contributed by atoms with Gasteiger partial charge in [-0.15, -0.1) is 0 Å². The zero-order chi connectivity index (χ0) is 9.72. The van der Waals surface area contributed by atoms with Gasteiger partial charge in [0.2, 0.25) is 0 Å². The van der Waals surface area contributed by atoms with Crippen LogP contribution in [0.3, 0.4) is 0 Å². The number of carbonyl (C=O) groups is 2. The van der Waals surface area contributed by atoms with Gasteiger partial charge >= 0.3 is 11.9 Å². The lowest BCUT2D eigenvalue weighted by Gasteiger charge is -2.03. The molecule has 0 spiro atoms. The van der Waals surface area contributed by atoms with Crippen LogP contribution in [0.15, 0.2) is 11.1 Å². The fourth-order valence-corrected chi connectivity index (χ4v) is 0.987. The zero-order valence-corrected chi connectivity index (χ0v) is 7.13. The van der Waals surface area contributed by atoms with Gasteiger partial charge < -0.3 is 10.2 Å². The Morgan fingerprint density at radius 2 is 1.17 bits per heavy atom. The molecule has 0 saturated heterocycles. The molecule has 0 aromatic carbocycles. The van der Waals surface area contributed by atoms with Crippen LogP contribution in [0.4, 0.5) is 0 Å². The Hall–Kier alpha value is -1.32. The highest BCUT2D eigenvalue weighted by Crippen LogP contribution is 2.12. The lowest BCUT2D eigenvalue weighted by atomic mass is 10.0. The van der Waals surface area contributed by atoms with E-state index in [-0.39, 0.29) is 24.0 Å². The van der Waals surface area contributed by atoms with Crippen molar-refractivity contribution in [1.82, 2.24) is 0 Å². The molecule has 0 amide bonds. The third-order valence-corrected chi connectivity index (χ3v) is 1.59. The van der Waals surface area contributed by atoms with Gasteiger partial charge in [0.15, 0.2) is 0 Å². The van der Waals surface area contributed by atoms with Crippen molar-refractivity contribution >= 4 is 11.9 Å². The molecular weight excluding hydrogens is 160 g/mol. The molecule has 0 aliphatic carbocycles. The third-order valence-electron chi connectivity index (χ3n) is 1.59. The molecule has 68 valence electrons. The van der Waals surface area contributed by atoms with E-state index >= 15 is 0 Å². The van der Waals surface area contributed by atoms with Gasteiger partial charge in [0, 0.05) is 11.1 Å². The number of aliphatic carboxylic acids is 2. The molecule has 0 radical (unpaired) electrons. The van der Waals surface area contributed by atoms with Gasteiger partial charge in [0.05, 0.1) is 0 Å². The van der Waals surface area contributed by atoms with E-state index in [1.165, 1.54) is 0 Å². The van der Waals surface area contributed by atoms with Crippen LogP contribution in [0.2, 0.25) is 0 Å². The molecule has 0 aliphatic rings. The summed E-state index contributed by atoms with van der Waals surface area (Å²) in [5, 5.41) is 17.2. The van der Waals surface area contributed by atoms with Crippen molar-refractivity contribution in [2.75, 3.05) is 0 Å². The summed E-state index contributed by atoms with van der Waals surface area (Å²) in [6.07, 6.45) is 0.482. The summed E-state index contributed by atoms with van der Waals surface area (Å²) in [4.78, 5) is 21.0. The Bertz CT molecular complexity index is 203. The van der Waals surface area contributed by atoms with Crippen LogP contribution in [-0.2, 0) is 9.59 Å². The molecule has 0 aromatic heterocycles. The Morgan fingerprint density at radius 3 is 1.25 bits per heavy atom. The highest BCUT2D eigenvalue weighted by molar-refractivity contribution is 5.98. The number of carboxylic acids is 2. The first-order valence-corrected chi connectivity index (χ1v) is 3.73. The maximum Gasteiger partial charge on any atom is 0.332 e. The molecule has 4 nitrogen and oxygen atoms in total. The average Bonchev–Trinajstić information content (AvgIpc) is 1.98. The second-order valence-corrected chi connectivity index (χ2v) is 2.27. The van der Waals surface area contributed by atoms with Crippen molar-refractivity contribution < 1.29 is 19.8 Å². The predicted octanol–water partition coefficient (Wildman–Crippen LogP) is 1.27. The highest BCUT2D eigenvalue weighted by Gasteiger charge is 2.16.